The summed E-state index contributed by atoms with van der Waals surface area (Å²) in [5, 5.41) is 2.76. The molecule has 0 heterocycles. The Morgan fingerprint density at radius 1 is 0.912 bits per heavy atom. The van der Waals surface area contributed by atoms with Gasteiger partial charge in [-0.15, -0.1) is 0 Å². The van der Waals surface area contributed by atoms with E-state index in [1.807, 2.05) is 0 Å². The molecule has 0 radical (unpaired) electrons. The molecule has 0 aromatic heterocycles. The standard InChI is InChI=1S/C25H26N2O6S/c1-4-27(5-2)34(30,31)21-10-8-9-18(17-21)25(29)33-20-15-13-19(14-16-20)26-24(28)22-11-6-7-12-23(22)32-3/h6-17H,4-5H2,1-3H3,(H,26,28). The molecule has 1 amide bonds. The minimum Gasteiger partial charge on any atom is -0.496 e. The first-order valence-electron chi connectivity index (χ1n) is 10.7. The number of rotatable bonds is 9. The summed E-state index contributed by atoms with van der Waals surface area (Å²) in [6, 6.07) is 18.9. The first-order valence-corrected chi connectivity index (χ1v) is 12.1. The molecule has 0 fully saturated rings. The number of methoxy groups -OCH3 is 1. The number of benzene rings is 3. The minimum atomic E-state index is -3.70. The zero-order chi connectivity index (χ0) is 24.7. The maximum absolute atomic E-state index is 12.7. The average Bonchev–Trinajstić information content (AvgIpc) is 2.85. The average molecular weight is 483 g/mol. The maximum Gasteiger partial charge on any atom is 0.343 e. The third-order valence-corrected chi connectivity index (χ3v) is 7.13. The molecule has 8 nitrogen and oxygen atoms in total. The monoisotopic (exact) mass is 482 g/mol. The number of ether oxygens (including phenoxy) is 2. The fourth-order valence-corrected chi connectivity index (χ4v) is 4.80. The van der Waals surface area contributed by atoms with Gasteiger partial charge in [-0.05, 0) is 54.6 Å². The summed E-state index contributed by atoms with van der Waals surface area (Å²) in [4.78, 5) is 25.2. The predicted octanol–water partition coefficient (Wildman–Crippen LogP) is 4.20. The smallest absolute Gasteiger partial charge is 0.343 e. The van der Waals surface area contributed by atoms with Crippen molar-refractivity contribution in [1.82, 2.24) is 4.31 Å². The molecule has 0 bridgehead atoms. The quantitative estimate of drug-likeness (QED) is 0.362. The number of amides is 1. The molecule has 0 aliphatic rings. The topological polar surface area (TPSA) is 102 Å². The molecular weight excluding hydrogens is 456 g/mol. The second-order valence-electron chi connectivity index (χ2n) is 7.19. The lowest BCUT2D eigenvalue weighted by Crippen LogP contribution is -2.30. The molecule has 0 atom stereocenters. The highest BCUT2D eigenvalue weighted by atomic mass is 32.2. The highest BCUT2D eigenvalue weighted by molar-refractivity contribution is 7.89. The van der Waals surface area contributed by atoms with Gasteiger partial charge in [0.1, 0.15) is 11.5 Å². The van der Waals surface area contributed by atoms with Crippen LogP contribution in [0.1, 0.15) is 34.6 Å². The highest BCUT2D eigenvalue weighted by Gasteiger charge is 2.23. The molecule has 0 aliphatic carbocycles. The van der Waals surface area contributed by atoms with Gasteiger partial charge >= 0.3 is 5.97 Å². The Bertz CT molecular complexity index is 1270. The van der Waals surface area contributed by atoms with Gasteiger partial charge < -0.3 is 14.8 Å². The van der Waals surface area contributed by atoms with Crippen molar-refractivity contribution < 1.29 is 27.5 Å². The van der Waals surface area contributed by atoms with Crippen LogP contribution in [0.15, 0.2) is 77.7 Å². The number of para-hydroxylation sites is 1. The van der Waals surface area contributed by atoms with E-state index < -0.39 is 16.0 Å². The third-order valence-electron chi connectivity index (χ3n) is 5.09. The Morgan fingerprint density at radius 3 is 2.24 bits per heavy atom. The van der Waals surface area contributed by atoms with Crippen molar-refractivity contribution in [2.24, 2.45) is 0 Å². The first-order chi connectivity index (χ1) is 16.3. The van der Waals surface area contributed by atoms with Crippen molar-refractivity contribution in [2.45, 2.75) is 18.7 Å². The molecule has 1 N–H and O–H groups in total. The number of esters is 1. The molecule has 0 saturated heterocycles. The highest BCUT2D eigenvalue weighted by Crippen LogP contribution is 2.22. The molecule has 0 spiro atoms. The van der Waals surface area contributed by atoms with Crippen LogP contribution in [-0.4, -0.2) is 44.8 Å². The van der Waals surface area contributed by atoms with E-state index in [1.165, 1.54) is 47.8 Å². The second kappa shape index (κ2) is 11.0. The van der Waals surface area contributed by atoms with Crippen molar-refractivity contribution in [1.29, 1.82) is 0 Å². The van der Waals surface area contributed by atoms with Crippen molar-refractivity contribution in [3.05, 3.63) is 83.9 Å². The summed E-state index contributed by atoms with van der Waals surface area (Å²) in [7, 11) is -2.21. The van der Waals surface area contributed by atoms with Crippen LogP contribution in [0.2, 0.25) is 0 Å². The van der Waals surface area contributed by atoms with Gasteiger partial charge in [0.2, 0.25) is 10.0 Å². The van der Waals surface area contributed by atoms with Crippen molar-refractivity contribution >= 4 is 27.6 Å². The van der Waals surface area contributed by atoms with Gasteiger partial charge in [0.05, 0.1) is 23.1 Å². The van der Waals surface area contributed by atoms with Gasteiger partial charge in [0.25, 0.3) is 5.91 Å². The lowest BCUT2D eigenvalue weighted by atomic mass is 10.2. The second-order valence-corrected chi connectivity index (χ2v) is 9.12. The van der Waals surface area contributed by atoms with Gasteiger partial charge in [-0.3, -0.25) is 4.79 Å². The number of anilines is 1. The van der Waals surface area contributed by atoms with Gasteiger partial charge in [-0.1, -0.05) is 32.0 Å². The normalized spacial score (nSPS) is 11.2. The summed E-state index contributed by atoms with van der Waals surface area (Å²) in [5.41, 5.74) is 1.00. The van der Waals surface area contributed by atoms with Gasteiger partial charge in [0.15, 0.2) is 0 Å². The number of nitrogens with zero attached hydrogens (tertiary/aromatic N) is 1. The minimum absolute atomic E-state index is 0.0278. The summed E-state index contributed by atoms with van der Waals surface area (Å²) < 4.78 is 37.4. The van der Waals surface area contributed by atoms with E-state index in [4.69, 9.17) is 9.47 Å². The molecule has 34 heavy (non-hydrogen) atoms. The Labute approximate surface area is 199 Å². The summed E-state index contributed by atoms with van der Waals surface area (Å²) in [5.74, 6) is -0.330. The van der Waals surface area contributed by atoms with Crippen molar-refractivity contribution in [2.75, 3.05) is 25.5 Å². The SMILES string of the molecule is CCN(CC)S(=O)(=O)c1cccc(C(=O)Oc2ccc(NC(=O)c3ccccc3OC)cc2)c1. The van der Waals surface area contributed by atoms with Crippen LogP contribution in [0, 0.1) is 0 Å². The van der Waals surface area contributed by atoms with Gasteiger partial charge in [-0.25, -0.2) is 13.2 Å². The van der Waals surface area contributed by atoms with E-state index in [2.05, 4.69) is 5.32 Å². The lowest BCUT2D eigenvalue weighted by Gasteiger charge is -2.18. The Hall–Kier alpha value is -3.69. The third kappa shape index (κ3) is 5.62. The van der Waals surface area contributed by atoms with Crippen LogP contribution < -0.4 is 14.8 Å². The fourth-order valence-electron chi connectivity index (χ4n) is 3.30. The Kier molecular flexibility index (Phi) is 8.04. The Balaban J connectivity index is 1.70. The molecule has 3 aromatic rings. The van der Waals surface area contributed by atoms with Gasteiger partial charge in [0, 0.05) is 18.8 Å². The molecule has 178 valence electrons. The van der Waals surface area contributed by atoms with Crippen molar-refractivity contribution in [3.8, 4) is 11.5 Å². The molecule has 3 aromatic carbocycles. The lowest BCUT2D eigenvalue weighted by molar-refractivity contribution is 0.0734. The molecular formula is C25H26N2O6S. The van der Waals surface area contributed by atoms with Gasteiger partial charge in [-0.2, -0.15) is 4.31 Å². The van der Waals surface area contributed by atoms with Crippen LogP contribution >= 0.6 is 0 Å². The zero-order valence-electron chi connectivity index (χ0n) is 19.1. The first kappa shape index (κ1) is 24.9. The van der Waals surface area contributed by atoms with Crippen LogP contribution in [-0.2, 0) is 10.0 Å². The molecule has 0 unspecified atom stereocenters. The summed E-state index contributed by atoms with van der Waals surface area (Å²) in [6.07, 6.45) is 0. The number of sulfonamides is 1. The largest absolute Gasteiger partial charge is 0.496 e. The number of hydrogen-bond acceptors (Lipinski definition) is 6. The van der Waals surface area contributed by atoms with Crippen LogP contribution in [0.25, 0.3) is 0 Å². The van der Waals surface area contributed by atoms with Crippen LogP contribution in [0.5, 0.6) is 11.5 Å². The molecule has 0 saturated carbocycles. The van der Waals surface area contributed by atoms with E-state index in [0.717, 1.165) is 0 Å². The van der Waals surface area contributed by atoms with E-state index in [-0.39, 0.29) is 22.1 Å². The van der Waals surface area contributed by atoms with E-state index in [9.17, 15) is 18.0 Å². The fraction of sp³-hybridized carbons (Fsp3) is 0.200. The van der Waals surface area contributed by atoms with E-state index in [1.54, 1.807) is 50.2 Å². The number of carbonyl (C=O) groups excluding carboxylic acids is 2. The number of nitrogens with one attached hydrogen (secondary N) is 1. The number of carbonyl (C=O) groups is 2. The summed E-state index contributed by atoms with van der Waals surface area (Å²) in [6.45, 7) is 4.16. The summed E-state index contributed by atoms with van der Waals surface area (Å²) >= 11 is 0. The zero-order valence-corrected chi connectivity index (χ0v) is 20.0. The van der Waals surface area contributed by atoms with Crippen LogP contribution in [0.4, 0.5) is 5.69 Å². The number of hydrogen-bond donors (Lipinski definition) is 1. The Morgan fingerprint density at radius 2 is 1.59 bits per heavy atom. The van der Waals surface area contributed by atoms with Crippen molar-refractivity contribution in [3.63, 3.8) is 0 Å². The molecule has 0 aliphatic heterocycles. The van der Waals surface area contributed by atoms with E-state index >= 15 is 0 Å². The molecule has 9 heteroatoms. The predicted molar refractivity (Wildman–Crippen MR) is 129 cm³/mol. The maximum atomic E-state index is 12.7. The van der Waals surface area contributed by atoms with Crippen LogP contribution in [0.3, 0.4) is 0 Å². The van der Waals surface area contributed by atoms with E-state index in [0.29, 0.717) is 30.1 Å². The molecule has 3 rings (SSSR count).